The zero-order valence-corrected chi connectivity index (χ0v) is 12.8. The van der Waals surface area contributed by atoms with E-state index in [0.717, 1.165) is 0 Å². The first-order chi connectivity index (χ1) is 11.0. The quantitative estimate of drug-likeness (QED) is 0.494. The fraction of sp³-hybridized carbons (Fsp3) is 0.105. The smallest absolute Gasteiger partial charge is 0.344 e. The van der Waals surface area contributed by atoms with Gasteiger partial charge in [0.1, 0.15) is 0 Å². The number of fused-ring (bicyclic) bond motifs is 1. The molecule has 0 atom stereocenters. The lowest BCUT2D eigenvalue weighted by Gasteiger charge is -2.09. The van der Waals surface area contributed by atoms with Gasteiger partial charge < -0.3 is 4.74 Å². The highest BCUT2D eigenvalue weighted by Crippen LogP contribution is 2.36. The highest BCUT2D eigenvalue weighted by molar-refractivity contribution is 6.28. The molecule has 0 amide bonds. The second-order valence-corrected chi connectivity index (χ2v) is 5.33. The van der Waals surface area contributed by atoms with Crippen molar-refractivity contribution in [2.75, 3.05) is 0 Å². The van der Waals surface area contributed by atoms with E-state index >= 15 is 0 Å². The van der Waals surface area contributed by atoms with Crippen molar-refractivity contribution in [1.29, 1.82) is 0 Å². The third-order valence-electron chi connectivity index (χ3n) is 3.75. The van der Waals surface area contributed by atoms with Crippen molar-refractivity contribution >= 4 is 28.9 Å². The molecule has 0 N–H and O–H groups in total. The number of Topliss-reactive ketones (excluding diaryl/α,β-unsaturated/α-hetero) is 2. The third-order valence-corrected chi connectivity index (χ3v) is 3.75. The Morgan fingerprint density at radius 1 is 0.826 bits per heavy atom. The van der Waals surface area contributed by atoms with Gasteiger partial charge in [0.25, 0.3) is 0 Å². The molecule has 4 nitrogen and oxygen atoms in total. The Kier molecular flexibility index (Phi) is 3.66. The van der Waals surface area contributed by atoms with E-state index in [0.29, 0.717) is 27.8 Å². The SMILES string of the molecule is CC(=O)/C(=C1\OC(=O)c2ccccc21)c1ccc(C(C)=O)cc1. The maximum absolute atomic E-state index is 12.2. The van der Waals surface area contributed by atoms with Gasteiger partial charge in [0.2, 0.25) is 0 Å². The van der Waals surface area contributed by atoms with Crippen LogP contribution in [0.5, 0.6) is 0 Å². The molecule has 4 heteroatoms. The van der Waals surface area contributed by atoms with Crippen molar-refractivity contribution in [1.82, 2.24) is 0 Å². The van der Waals surface area contributed by atoms with Crippen LogP contribution in [0.2, 0.25) is 0 Å². The van der Waals surface area contributed by atoms with Crippen molar-refractivity contribution in [3.8, 4) is 0 Å². The Morgan fingerprint density at radius 2 is 1.39 bits per heavy atom. The number of carbonyl (C=O) groups is 3. The van der Waals surface area contributed by atoms with Gasteiger partial charge in [0.15, 0.2) is 17.3 Å². The average Bonchev–Trinajstić information content (AvgIpc) is 2.85. The summed E-state index contributed by atoms with van der Waals surface area (Å²) in [5, 5.41) is 0. The molecular formula is C19H14O4. The van der Waals surface area contributed by atoms with E-state index in [1.54, 1.807) is 48.5 Å². The van der Waals surface area contributed by atoms with Gasteiger partial charge in [-0.3, -0.25) is 9.59 Å². The third kappa shape index (κ3) is 2.59. The topological polar surface area (TPSA) is 60.4 Å². The zero-order valence-electron chi connectivity index (χ0n) is 12.8. The summed E-state index contributed by atoms with van der Waals surface area (Å²) in [7, 11) is 0. The number of cyclic esters (lactones) is 1. The molecule has 2 aromatic carbocycles. The Hall–Kier alpha value is -3.01. The number of allylic oxidation sites excluding steroid dienone is 1. The van der Waals surface area contributed by atoms with Crippen LogP contribution in [-0.4, -0.2) is 17.5 Å². The highest BCUT2D eigenvalue weighted by Gasteiger charge is 2.30. The van der Waals surface area contributed by atoms with Gasteiger partial charge in [-0.05, 0) is 25.5 Å². The molecule has 0 aromatic heterocycles. The highest BCUT2D eigenvalue weighted by atomic mass is 16.5. The molecule has 0 radical (unpaired) electrons. The average molecular weight is 306 g/mol. The molecule has 0 fully saturated rings. The standard InChI is InChI=1S/C19H14O4/c1-11(20)13-7-9-14(10-8-13)17(12(2)21)18-15-5-3-4-6-16(15)19(22)23-18/h3-10H,1-2H3/b18-17+. The van der Waals surface area contributed by atoms with E-state index in [4.69, 9.17) is 4.74 Å². The Labute approximate surface area is 133 Å². The molecule has 0 unspecified atom stereocenters. The van der Waals surface area contributed by atoms with Crippen LogP contribution in [0.25, 0.3) is 11.3 Å². The number of rotatable bonds is 3. The number of ketones is 2. The van der Waals surface area contributed by atoms with Gasteiger partial charge in [0.05, 0.1) is 11.1 Å². The van der Waals surface area contributed by atoms with Crippen LogP contribution in [0, 0.1) is 0 Å². The van der Waals surface area contributed by atoms with Gasteiger partial charge in [-0.1, -0.05) is 42.5 Å². The summed E-state index contributed by atoms with van der Waals surface area (Å²) in [6.45, 7) is 2.91. The summed E-state index contributed by atoms with van der Waals surface area (Å²) in [5.41, 5.74) is 2.56. The Morgan fingerprint density at radius 3 is 1.96 bits per heavy atom. The first kappa shape index (κ1) is 14.9. The summed E-state index contributed by atoms with van der Waals surface area (Å²) in [6, 6.07) is 13.7. The monoisotopic (exact) mass is 306 g/mol. The van der Waals surface area contributed by atoms with E-state index in [-0.39, 0.29) is 17.3 Å². The molecule has 1 aliphatic heterocycles. The van der Waals surface area contributed by atoms with E-state index in [1.165, 1.54) is 13.8 Å². The van der Waals surface area contributed by atoms with Crippen molar-refractivity contribution in [2.45, 2.75) is 13.8 Å². The minimum Gasteiger partial charge on any atom is -0.421 e. The summed E-state index contributed by atoms with van der Waals surface area (Å²) >= 11 is 0. The zero-order chi connectivity index (χ0) is 16.6. The molecule has 1 aliphatic rings. The van der Waals surface area contributed by atoms with Crippen LogP contribution in [0.3, 0.4) is 0 Å². The van der Waals surface area contributed by atoms with Crippen LogP contribution in [0.15, 0.2) is 48.5 Å². The number of carbonyl (C=O) groups excluding carboxylic acids is 3. The van der Waals surface area contributed by atoms with Gasteiger partial charge in [-0.25, -0.2) is 4.79 Å². The fourth-order valence-electron chi connectivity index (χ4n) is 2.61. The first-order valence-corrected chi connectivity index (χ1v) is 7.17. The Balaban J connectivity index is 2.19. The van der Waals surface area contributed by atoms with Gasteiger partial charge in [0, 0.05) is 11.1 Å². The van der Waals surface area contributed by atoms with E-state index in [2.05, 4.69) is 0 Å². The van der Waals surface area contributed by atoms with Gasteiger partial charge in [-0.2, -0.15) is 0 Å². The lowest BCUT2D eigenvalue weighted by molar-refractivity contribution is -0.111. The molecule has 0 bridgehead atoms. The largest absolute Gasteiger partial charge is 0.421 e. The van der Waals surface area contributed by atoms with Crippen LogP contribution in [0.1, 0.15) is 45.7 Å². The van der Waals surface area contributed by atoms with Crippen LogP contribution in [-0.2, 0) is 9.53 Å². The maximum Gasteiger partial charge on any atom is 0.344 e. The summed E-state index contributed by atoms with van der Waals surface area (Å²) in [4.78, 5) is 35.5. The van der Waals surface area contributed by atoms with E-state index in [9.17, 15) is 14.4 Å². The first-order valence-electron chi connectivity index (χ1n) is 7.17. The second kappa shape index (κ2) is 5.65. The fourth-order valence-corrected chi connectivity index (χ4v) is 2.61. The number of hydrogen-bond donors (Lipinski definition) is 0. The van der Waals surface area contributed by atoms with Crippen molar-refractivity contribution < 1.29 is 19.1 Å². The molecule has 0 saturated carbocycles. The lowest BCUT2D eigenvalue weighted by Crippen LogP contribution is -2.02. The van der Waals surface area contributed by atoms with E-state index in [1.807, 2.05) is 0 Å². The molecule has 0 spiro atoms. The predicted octanol–water partition coefficient (Wildman–Crippen LogP) is 3.52. The van der Waals surface area contributed by atoms with E-state index < -0.39 is 5.97 Å². The molecule has 3 rings (SSSR count). The second-order valence-electron chi connectivity index (χ2n) is 5.33. The van der Waals surface area contributed by atoms with Gasteiger partial charge >= 0.3 is 5.97 Å². The Bertz CT molecular complexity index is 857. The number of benzene rings is 2. The van der Waals surface area contributed by atoms with Crippen molar-refractivity contribution in [2.24, 2.45) is 0 Å². The normalized spacial score (nSPS) is 15.0. The van der Waals surface area contributed by atoms with Gasteiger partial charge in [-0.15, -0.1) is 0 Å². The number of ether oxygens (including phenoxy) is 1. The van der Waals surface area contributed by atoms with Crippen molar-refractivity contribution in [3.63, 3.8) is 0 Å². The molecule has 114 valence electrons. The maximum atomic E-state index is 12.2. The summed E-state index contributed by atoms with van der Waals surface area (Å²) in [6.07, 6.45) is 0. The van der Waals surface area contributed by atoms with Crippen LogP contribution < -0.4 is 0 Å². The lowest BCUT2D eigenvalue weighted by atomic mass is 9.96. The molecule has 2 aromatic rings. The van der Waals surface area contributed by atoms with Crippen molar-refractivity contribution in [3.05, 3.63) is 70.8 Å². The summed E-state index contributed by atoms with van der Waals surface area (Å²) < 4.78 is 5.34. The molecule has 0 aliphatic carbocycles. The van der Waals surface area contributed by atoms with Crippen LogP contribution >= 0.6 is 0 Å². The molecule has 1 heterocycles. The minimum absolute atomic E-state index is 0.0498. The summed E-state index contributed by atoms with van der Waals surface area (Å²) in [5.74, 6) is -0.449. The molecule has 0 saturated heterocycles. The number of hydrogen-bond acceptors (Lipinski definition) is 4. The predicted molar refractivity (Wildman–Crippen MR) is 85.8 cm³/mol. The minimum atomic E-state index is -0.463. The number of esters is 1. The van der Waals surface area contributed by atoms with Crippen LogP contribution in [0.4, 0.5) is 0 Å². The molecule has 23 heavy (non-hydrogen) atoms. The molecular weight excluding hydrogens is 292 g/mol.